The number of halogens is 2. The van der Waals surface area contributed by atoms with Gasteiger partial charge in [-0.15, -0.1) is 11.8 Å². The predicted molar refractivity (Wildman–Crippen MR) is 135 cm³/mol. The first-order valence-corrected chi connectivity index (χ1v) is 12.6. The zero-order valence-electron chi connectivity index (χ0n) is 19.2. The fraction of sp³-hybridized carbons (Fsp3) is 0.296. The molecular formula is C27H28ClFO4S. The van der Waals surface area contributed by atoms with E-state index in [1.165, 1.54) is 17.7 Å². The van der Waals surface area contributed by atoms with Crippen LogP contribution in [0, 0.1) is 5.82 Å². The second kappa shape index (κ2) is 12.7. The summed E-state index contributed by atoms with van der Waals surface area (Å²) in [6.45, 7) is 4.09. The van der Waals surface area contributed by atoms with Gasteiger partial charge in [-0.1, -0.05) is 24.6 Å². The molecule has 0 fully saturated rings. The maximum Gasteiger partial charge on any atom is 0.303 e. The molecular weight excluding hydrogens is 475 g/mol. The van der Waals surface area contributed by atoms with E-state index in [0.717, 1.165) is 29.1 Å². The summed E-state index contributed by atoms with van der Waals surface area (Å²) in [5.41, 5.74) is 2.29. The third kappa shape index (κ3) is 7.96. The summed E-state index contributed by atoms with van der Waals surface area (Å²) in [6.07, 6.45) is 2.32. The molecule has 0 aliphatic carbocycles. The van der Waals surface area contributed by atoms with E-state index in [9.17, 15) is 9.18 Å². The van der Waals surface area contributed by atoms with Gasteiger partial charge in [0.1, 0.15) is 11.6 Å². The molecule has 0 heterocycles. The number of ether oxygens (including phenoxy) is 2. The van der Waals surface area contributed by atoms with Crippen molar-refractivity contribution in [3.05, 3.63) is 82.6 Å². The number of hydrogen-bond donors (Lipinski definition) is 1. The van der Waals surface area contributed by atoms with Gasteiger partial charge in [0.05, 0.1) is 6.10 Å². The van der Waals surface area contributed by atoms with Gasteiger partial charge in [0.25, 0.3) is 0 Å². The first-order valence-electron chi connectivity index (χ1n) is 11.2. The van der Waals surface area contributed by atoms with Crippen LogP contribution in [0.25, 0.3) is 0 Å². The lowest BCUT2D eigenvalue weighted by Crippen LogP contribution is -2.13. The molecule has 34 heavy (non-hydrogen) atoms. The Morgan fingerprint density at radius 3 is 2.53 bits per heavy atom. The van der Waals surface area contributed by atoms with Crippen molar-refractivity contribution in [3.8, 4) is 17.2 Å². The van der Waals surface area contributed by atoms with Crippen molar-refractivity contribution in [1.82, 2.24) is 0 Å². The van der Waals surface area contributed by atoms with Crippen molar-refractivity contribution in [2.75, 3.05) is 5.75 Å². The second-order valence-electron chi connectivity index (χ2n) is 7.89. The van der Waals surface area contributed by atoms with Crippen LogP contribution in [0.1, 0.15) is 37.8 Å². The van der Waals surface area contributed by atoms with E-state index in [-0.39, 0.29) is 18.3 Å². The largest absolute Gasteiger partial charge is 0.487 e. The Balaban J connectivity index is 1.56. The molecule has 0 saturated heterocycles. The number of benzene rings is 3. The van der Waals surface area contributed by atoms with E-state index in [2.05, 4.69) is 19.1 Å². The maximum absolute atomic E-state index is 13.2. The maximum atomic E-state index is 13.2. The molecule has 0 saturated carbocycles. The summed E-state index contributed by atoms with van der Waals surface area (Å²) in [5.74, 6) is 1.30. The number of aryl methyl sites for hydroxylation is 2. The number of rotatable bonds is 12. The quantitative estimate of drug-likeness (QED) is 0.256. The Bertz CT molecular complexity index is 1100. The number of carboxylic acid groups (broad SMARTS) is 1. The zero-order valence-corrected chi connectivity index (χ0v) is 20.8. The first kappa shape index (κ1) is 25.9. The Hall–Kier alpha value is -2.70. The van der Waals surface area contributed by atoms with Gasteiger partial charge in [-0.25, -0.2) is 4.39 Å². The van der Waals surface area contributed by atoms with Crippen LogP contribution in [0.4, 0.5) is 4.39 Å². The number of hydrogen-bond acceptors (Lipinski definition) is 4. The monoisotopic (exact) mass is 502 g/mol. The highest BCUT2D eigenvalue weighted by atomic mass is 35.5. The minimum Gasteiger partial charge on any atom is -0.487 e. The second-order valence-corrected chi connectivity index (χ2v) is 9.50. The highest BCUT2D eigenvalue weighted by molar-refractivity contribution is 7.99. The number of carbonyl (C=O) groups is 1. The third-order valence-corrected chi connectivity index (χ3v) is 6.50. The van der Waals surface area contributed by atoms with Gasteiger partial charge in [-0.2, -0.15) is 0 Å². The number of carboxylic acids is 1. The van der Waals surface area contributed by atoms with Gasteiger partial charge >= 0.3 is 5.97 Å². The van der Waals surface area contributed by atoms with Crippen molar-refractivity contribution >= 4 is 29.3 Å². The SMILES string of the molecule is CCc1cc(SCC[C@@H](C)Oc2ccc(Cl)cc2Oc2ccc(F)cc2)ccc1CCC(=O)O. The van der Waals surface area contributed by atoms with Gasteiger partial charge in [0.2, 0.25) is 0 Å². The van der Waals surface area contributed by atoms with Crippen LogP contribution in [0.5, 0.6) is 17.2 Å². The van der Waals surface area contributed by atoms with Gasteiger partial charge in [0, 0.05) is 28.2 Å². The molecule has 0 aromatic heterocycles. The number of thioether (sulfide) groups is 1. The van der Waals surface area contributed by atoms with Crippen LogP contribution in [0.15, 0.2) is 65.6 Å². The Labute approximate surface area is 209 Å². The molecule has 1 N–H and O–H groups in total. The molecule has 0 radical (unpaired) electrons. The minimum atomic E-state index is -0.776. The highest BCUT2D eigenvalue weighted by Crippen LogP contribution is 2.35. The van der Waals surface area contributed by atoms with Crippen molar-refractivity contribution < 1.29 is 23.8 Å². The Kier molecular flexibility index (Phi) is 9.66. The summed E-state index contributed by atoms with van der Waals surface area (Å²) < 4.78 is 25.2. The lowest BCUT2D eigenvalue weighted by atomic mass is 10.0. The molecule has 0 amide bonds. The van der Waals surface area contributed by atoms with Crippen LogP contribution in [0.3, 0.4) is 0 Å². The molecule has 0 spiro atoms. The molecule has 7 heteroatoms. The molecule has 4 nitrogen and oxygen atoms in total. The predicted octanol–water partition coefficient (Wildman–Crippen LogP) is 7.80. The van der Waals surface area contributed by atoms with E-state index in [1.807, 2.05) is 13.0 Å². The van der Waals surface area contributed by atoms with E-state index >= 15 is 0 Å². The first-order chi connectivity index (χ1) is 16.3. The Morgan fingerprint density at radius 2 is 1.82 bits per heavy atom. The lowest BCUT2D eigenvalue weighted by Gasteiger charge is -2.18. The molecule has 3 rings (SSSR count). The summed E-state index contributed by atoms with van der Waals surface area (Å²) in [6, 6.07) is 17.2. The van der Waals surface area contributed by atoms with Crippen molar-refractivity contribution in [3.63, 3.8) is 0 Å². The van der Waals surface area contributed by atoms with E-state index in [4.69, 9.17) is 26.2 Å². The molecule has 3 aromatic rings. The fourth-order valence-electron chi connectivity index (χ4n) is 3.41. The van der Waals surface area contributed by atoms with Crippen LogP contribution < -0.4 is 9.47 Å². The van der Waals surface area contributed by atoms with Gasteiger partial charge in [0.15, 0.2) is 11.5 Å². The normalized spacial score (nSPS) is 11.8. The number of aliphatic carboxylic acids is 1. The average Bonchev–Trinajstić information content (AvgIpc) is 2.81. The zero-order chi connectivity index (χ0) is 24.5. The Morgan fingerprint density at radius 1 is 1.06 bits per heavy atom. The molecule has 0 aliphatic heterocycles. The van der Waals surface area contributed by atoms with Crippen LogP contribution in [-0.2, 0) is 17.6 Å². The molecule has 180 valence electrons. The van der Waals surface area contributed by atoms with Gasteiger partial charge in [-0.05, 0) is 85.8 Å². The van der Waals surface area contributed by atoms with Crippen LogP contribution in [-0.4, -0.2) is 22.9 Å². The van der Waals surface area contributed by atoms with E-state index in [1.54, 1.807) is 42.1 Å². The van der Waals surface area contributed by atoms with Crippen LogP contribution >= 0.6 is 23.4 Å². The van der Waals surface area contributed by atoms with Crippen molar-refractivity contribution in [2.45, 2.75) is 50.5 Å². The topological polar surface area (TPSA) is 55.8 Å². The van der Waals surface area contributed by atoms with Gasteiger partial charge < -0.3 is 14.6 Å². The molecule has 0 bridgehead atoms. The standard InChI is InChI=1S/C27H28ClFO4S/c1-3-19-16-24(11-4-20(19)5-13-27(30)31)34-15-14-18(2)32-25-12-6-21(28)17-26(25)33-23-9-7-22(29)8-10-23/h4,6-12,16-18H,3,5,13-15H2,1-2H3,(H,30,31)/t18-/m1/s1. The van der Waals surface area contributed by atoms with E-state index < -0.39 is 5.97 Å². The molecule has 1 atom stereocenters. The van der Waals surface area contributed by atoms with Crippen molar-refractivity contribution in [2.24, 2.45) is 0 Å². The third-order valence-electron chi connectivity index (χ3n) is 5.24. The van der Waals surface area contributed by atoms with Crippen LogP contribution in [0.2, 0.25) is 5.02 Å². The molecule has 0 aliphatic rings. The molecule has 0 unspecified atom stereocenters. The lowest BCUT2D eigenvalue weighted by molar-refractivity contribution is -0.136. The summed E-state index contributed by atoms with van der Waals surface area (Å²) in [4.78, 5) is 12.0. The minimum absolute atomic E-state index is 0.0651. The fourth-order valence-corrected chi connectivity index (χ4v) is 4.65. The smallest absolute Gasteiger partial charge is 0.303 e. The summed E-state index contributed by atoms with van der Waals surface area (Å²) in [7, 11) is 0. The van der Waals surface area contributed by atoms with E-state index in [0.29, 0.717) is 28.7 Å². The van der Waals surface area contributed by atoms with Crippen molar-refractivity contribution in [1.29, 1.82) is 0 Å². The summed E-state index contributed by atoms with van der Waals surface area (Å²) >= 11 is 7.89. The highest BCUT2D eigenvalue weighted by Gasteiger charge is 2.13. The summed E-state index contributed by atoms with van der Waals surface area (Å²) in [5, 5.41) is 9.46. The average molecular weight is 503 g/mol. The van der Waals surface area contributed by atoms with Gasteiger partial charge in [-0.3, -0.25) is 4.79 Å². The molecule has 3 aromatic carbocycles.